The van der Waals surface area contributed by atoms with Gasteiger partial charge in [-0.3, -0.25) is 0 Å². The van der Waals surface area contributed by atoms with E-state index in [1.165, 1.54) is 12.1 Å². The molecular formula is C18H26BFO8. The van der Waals surface area contributed by atoms with Crippen LogP contribution in [0.4, 0.5) is 4.39 Å². The highest BCUT2D eigenvalue weighted by Crippen LogP contribution is 2.36. The van der Waals surface area contributed by atoms with Gasteiger partial charge in [0, 0.05) is 0 Å². The zero-order valence-corrected chi connectivity index (χ0v) is 16.2. The Kier molecular flexibility index (Phi) is 5.76. The van der Waals surface area contributed by atoms with Crippen LogP contribution in [0, 0.1) is 5.82 Å². The third-order valence-electron chi connectivity index (χ3n) is 5.57. The van der Waals surface area contributed by atoms with Crippen molar-refractivity contribution in [3.8, 4) is 5.75 Å². The molecule has 0 amide bonds. The van der Waals surface area contributed by atoms with Crippen LogP contribution in [-0.4, -0.2) is 76.1 Å². The summed E-state index contributed by atoms with van der Waals surface area (Å²) in [5.41, 5.74) is -0.684. The van der Waals surface area contributed by atoms with Crippen LogP contribution in [0.1, 0.15) is 27.7 Å². The zero-order chi connectivity index (χ0) is 20.9. The maximum absolute atomic E-state index is 14.6. The number of ether oxygens (including phenoxy) is 2. The van der Waals surface area contributed by atoms with Gasteiger partial charge >= 0.3 is 7.12 Å². The number of halogens is 1. The summed E-state index contributed by atoms with van der Waals surface area (Å²) >= 11 is 0. The molecule has 0 bridgehead atoms. The molecule has 2 saturated heterocycles. The number of rotatable bonds is 4. The van der Waals surface area contributed by atoms with Crippen LogP contribution in [0.2, 0.25) is 0 Å². The molecule has 2 heterocycles. The van der Waals surface area contributed by atoms with E-state index >= 15 is 0 Å². The number of hydrogen-bond donors (Lipinski definition) is 4. The average Bonchev–Trinajstić information content (AvgIpc) is 2.84. The summed E-state index contributed by atoms with van der Waals surface area (Å²) in [6.07, 6.45) is -7.36. The van der Waals surface area contributed by atoms with Gasteiger partial charge in [-0.1, -0.05) is 6.07 Å². The molecule has 5 atom stereocenters. The zero-order valence-electron chi connectivity index (χ0n) is 16.2. The smallest absolute Gasteiger partial charge is 0.459 e. The number of hydrogen-bond acceptors (Lipinski definition) is 8. The fourth-order valence-corrected chi connectivity index (χ4v) is 3.03. The van der Waals surface area contributed by atoms with E-state index in [-0.39, 0.29) is 5.75 Å². The molecule has 3 rings (SSSR count). The molecular weight excluding hydrogens is 374 g/mol. The summed E-state index contributed by atoms with van der Waals surface area (Å²) in [6.45, 7) is 6.95. The lowest BCUT2D eigenvalue weighted by Gasteiger charge is -2.39. The minimum absolute atomic E-state index is 0.232. The Balaban J connectivity index is 1.75. The third-order valence-corrected chi connectivity index (χ3v) is 5.57. The molecule has 2 aliphatic rings. The maximum Gasteiger partial charge on any atom is 0.494 e. The molecule has 2 fully saturated rings. The van der Waals surface area contributed by atoms with E-state index in [0.717, 1.165) is 0 Å². The molecule has 0 radical (unpaired) electrons. The monoisotopic (exact) mass is 400 g/mol. The van der Waals surface area contributed by atoms with Gasteiger partial charge in [0.2, 0.25) is 6.29 Å². The normalized spacial score (nSPS) is 34.5. The van der Waals surface area contributed by atoms with Crippen LogP contribution in [-0.2, 0) is 14.0 Å². The van der Waals surface area contributed by atoms with Gasteiger partial charge in [-0.2, -0.15) is 0 Å². The standard InChI is InChI=1S/C18H26BFO8/c1-17(2)18(3,4)28-19(27-17)9-5-6-11(10(20)7-9)25-16-15(24)14(23)13(22)12(8-21)26-16/h5-7,12-16,21-24H,8H2,1-4H3. The van der Waals surface area contributed by atoms with Crippen molar-refractivity contribution in [1.82, 2.24) is 0 Å². The topological polar surface area (TPSA) is 118 Å². The number of aliphatic hydroxyl groups excluding tert-OH is 4. The molecule has 0 aromatic heterocycles. The summed E-state index contributed by atoms with van der Waals surface area (Å²) in [5.74, 6) is -0.978. The summed E-state index contributed by atoms with van der Waals surface area (Å²) < 4.78 is 36.9. The highest BCUT2D eigenvalue weighted by Gasteiger charge is 2.52. The molecule has 0 aliphatic carbocycles. The number of benzene rings is 1. The van der Waals surface area contributed by atoms with Crippen LogP contribution in [0.3, 0.4) is 0 Å². The first-order valence-corrected chi connectivity index (χ1v) is 9.09. The van der Waals surface area contributed by atoms with Crippen molar-refractivity contribution in [3.63, 3.8) is 0 Å². The van der Waals surface area contributed by atoms with Crippen LogP contribution >= 0.6 is 0 Å². The van der Waals surface area contributed by atoms with E-state index < -0.39 is 61.5 Å². The van der Waals surface area contributed by atoms with Gasteiger partial charge in [-0.25, -0.2) is 4.39 Å². The fourth-order valence-electron chi connectivity index (χ4n) is 3.03. The van der Waals surface area contributed by atoms with E-state index in [9.17, 15) is 24.8 Å². The van der Waals surface area contributed by atoms with Gasteiger partial charge < -0.3 is 39.2 Å². The van der Waals surface area contributed by atoms with Gasteiger partial charge in [0.05, 0.1) is 17.8 Å². The second-order valence-electron chi connectivity index (χ2n) is 8.09. The predicted molar refractivity (Wildman–Crippen MR) is 96.5 cm³/mol. The fraction of sp³-hybridized carbons (Fsp3) is 0.667. The molecule has 156 valence electrons. The van der Waals surface area contributed by atoms with Crippen molar-refractivity contribution in [1.29, 1.82) is 0 Å². The molecule has 0 saturated carbocycles. The summed E-state index contributed by atoms with van der Waals surface area (Å²) in [7, 11) is -0.749. The second-order valence-corrected chi connectivity index (χ2v) is 8.09. The molecule has 1 aromatic rings. The van der Waals surface area contributed by atoms with Crippen molar-refractivity contribution < 1.29 is 43.6 Å². The van der Waals surface area contributed by atoms with Gasteiger partial charge in [0.15, 0.2) is 11.6 Å². The summed E-state index contributed by atoms with van der Waals surface area (Å²) in [6, 6.07) is 4.09. The van der Waals surface area contributed by atoms with Gasteiger partial charge in [0.25, 0.3) is 0 Å². The number of aliphatic hydroxyl groups is 4. The van der Waals surface area contributed by atoms with E-state index in [0.29, 0.717) is 5.46 Å². The van der Waals surface area contributed by atoms with Crippen molar-refractivity contribution in [2.75, 3.05) is 6.61 Å². The highest BCUT2D eigenvalue weighted by atomic mass is 19.1. The quantitative estimate of drug-likeness (QED) is 0.491. The Labute approximate surface area is 162 Å². The Bertz CT molecular complexity index is 697. The SMILES string of the molecule is CC1(C)OB(c2ccc(OC3OC(CO)C(O)C(O)C3O)c(F)c2)OC1(C)C. The first-order valence-electron chi connectivity index (χ1n) is 9.09. The Morgan fingerprint density at radius 3 is 2.18 bits per heavy atom. The molecule has 1 aromatic carbocycles. The van der Waals surface area contributed by atoms with Crippen molar-refractivity contribution in [3.05, 3.63) is 24.0 Å². The van der Waals surface area contributed by atoms with Gasteiger partial charge in [-0.05, 0) is 45.3 Å². The molecule has 28 heavy (non-hydrogen) atoms. The van der Waals surface area contributed by atoms with Crippen molar-refractivity contribution in [2.24, 2.45) is 0 Å². The summed E-state index contributed by atoms with van der Waals surface area (Å²) in [5, 5.41) is 38.8. The van der Waals surface area contributed by atoms with E-state index in [2.05, 4.69) is 0 Å². The molecule has 0 spiro atoms. The third kappa shape index (κ3) is 3.78. The van der Waals surface area contributed by atoms with Gasteiger partial charge in [0.1, 0.15) is 24.4 Å². The van der Waals surface area contributed by atoms with Crippen LogP contribution in [0.25, 0.3) is 0 Å². The van der Waals surface area contributed by atoms with Gasteiger partial charge in [-0.15, -0.1) is 0 Å². The second kappa shape index (κ2) is 7.53. The van der Waals surface area contributed by atoms with E-state index in [1.54, 1.807) is 6.07 Å². The molecule has 5 unspecified atom stereocenters. The Morgan fingerprint density at radius 2 is 1.64 bits per heavy atom. The molecule has 10 heteroatoms. The first kappa shape index (κ1) is 21.4. The molecule has 8 nitrogen and oxygen atoms in total. The van der Waals surface area contributed by atoms with E-state index in [4.69, 9.17) is 18.8 Å². The maximum atomic E-state index is 14.6. The lowest BCUT2D eigenvalue weighted by atomic mass is 9.79. The highest BCUT2D eigenvalue weighted by molar-refractivity contribution is 6.62. The predicted octanol–water partition coefficient (Wildman–Crippen LogP) is -0.696. The van der Waals surface area contributed by atoms with Crippen LogP contribution in [0.15, 0.2) is 18.2 Å². The molecule has 2 aliphatic heterocycles. The average molecular weight is 400 g/mol. The minimum atomic E-state index is -1.63. The summed E-state index contributed by atoms with van der Waals surface area (Å²) in [4.78, 5) is 0. The van der Waals surface area contributed by atoms with Crippen molar-refractivity contribution in [2.45, 2.75) is 69.6 Å². The van der Waals surface area contributed by atoms with Crippen LogP contribution < -0.4 is 10.2 Å². The lowest BCUT2D eigenvalue weighted by Crippen LogP contribution is -2.60. The largest absolute Gasteiger partial charge is 0.494 e. The van der Waals surface area contributed by atoms with Crippen molar-refractivity contribution >= 4 is 12.6 Å². The Hall–Kier alpha value is -1.27. The molecule has 4 N–H and O–H groups in total. The first-order chi connectivity index (χ1) is 13.0. The lowest BCUT2D eigenvalue weighted by molar-refractivity contribution is -0.277. The van der Waals surface area contributed by atoms with Crippen LogP contribution in [0.5, 0.6) is 5.75 Å². The Morgan fingerprint density at radius 1 is 1.04 bits per heavy atom. The minimum Gasteiger partial charge on any atom is -0.459 e. The van der Waals surface area contributed by atoms with E-state index in [1.807, 2.05) is 27.7 Å².